The Morgan fingerprint density at radius 1 is 1.43 bits per heavy atom. The second-order valence-electron chi connectivity index (χ2n) is 5.65. The molecule has 1 saturated heterocycles. The summed E-state index contributed by atoms with van der Waals surface area (Å²) in [4.78, 5) is 22.6. The first-order valence-corrected chi connectivity index (χ1v) is 7.66. The molecule has 0 saturated carbocycles. The van der Waals surface area contributed by atoms with Crippen molar-refractivity contribution in [1.82, 2.24) is 20.2 Å². The largest absolute Gasteiger partial charge is 0.332 e. The minimum absolute atomic E-state index is 0.102. The van der Waals surface area contributed by atoms with Crippen molar-refractivity contribution in [2.75, 3.05) is 20.1 Å². The molecule has 1 fully saturated rings. The molecule has 1 aromatic heterocycles. The summed E-state index contributed by atoms with van der Waals surface area (Å²) in [6, 6.07) is 7.45. The first-order valence-electron chi connectivity index (χ1n) is 7.66. The number of carbonyl (C=O) groups excluding carboxylic acids is 1. The van der Waals surface area contributed by atoms with Crippen molar-refractivity contribution in [2.45, 2.75) is 18.6 Å². The zero-order valence-corrected chi connectivity index (χ0v) is 12.9. The SMILES string of the molecule is CNC[C@@H]1C[C@H](F)CN1C(=O)C=Cc1cnc2ccccc2n1. The highest BCUT2D eigenvalue weighted by atomic mass is 19.1. The van der Waals surface area contributed by atoms with E-state index in [1.54, 1.807) is 24.2 Å². The lowest BCUT2D eigenvalue weighted by molar-refractivity contribution is -0.126. The number of alkyl halides is 1. The Morgan fingerprint density at radius 3 is 3.00 bits per heavy atom. The third-order valence-corrected chi connectivity index (χ3v) is 3.95. The van der Waals surface area contributed by atoms with Gasteiger partial charge >= 0.3 is 0 Å². The van der Waals surface area contributed by atoms with Gasteiger partial charge in [-0.25, -0.2) is 9.37 Å². The van der Waals surface area contributed by atoms with Crippen LogP contribution in [0.3, 0.4) is 0 Å². The number of likely N-dealkylation sites (tertiary alicyclic amines) is 1. The highest BCUT2D eigenvalue weighted by Crippen LogP contribution is 2.20. The number of hydrogen-bond acceptors (Lipinski definition) is 4. The second-order valence-corrected chi connectivity index (χ2v) is 5.65. The van der Waals surface area contributed by atoms with Gasteiger partial charge in [0, 0.05) is 25.1 Å². The van der Waals surface area contributed by atoms with Crippen LogP contribution in [0.25, 0.3) is 17.1 Å². The molecular formula is C17H19FN4O. The quantitative estimate of drug-likeness (QED) is 0.874. The molecule has 0 bridgehead atoms. The maximum atomic E-state index is 13.6. The average molecular weight is 314 g/mol. The van der Waals surface area contributed by atoms with E-state index >= 15 is 0 Å². The summed E-state index contributed by atoms with van der Waals surface area (Å²) < 4.78 is 13.6. The van der Waals surface area contributed by atoms with Crippen molar-refractivity contribution < 1.29 is 9.18 Å². The van der Waals surface area contributed by atoms with Crippen LogP contribution < -0.4 is 5.32 Å². The van der Waals surface area contributed by atoms with Crippen LogP contribution in [0.5, 0.6) is 0 Å². The van der Waals surface area contributed by atoms with Gasteiger partial charge in [-0.2, -0.15) is 0 Å². The van der Waals surface area contributed by atoms with Crippen LogP contribution in [0.1, 0.15) is 12.1 Å². The topological polar surface area (TPSA) is 58.1 Å². The second kappa shape index (κ2) is 6.83. The summed E-state index contributed by atoms with van der Waals surface area (Å²) in [5, 5.41) is 3.00. The number of nitrogens with one attached hydrogen (secondary N) is 1. The third kappa shape index (κ3) is 3.53. The molecule has 23 heavy (non-hydrogen) atoms. The number of rotatable bonds is 4. The van der Waals surface area contributed by atoms with E-state index in [0.717, 1.165) is 11.0 Å². The van der Waals surface area contributed by atoms with Crippen LogP contribution in [0.2, 0.25) is 0 Å². The number of hydrogen-bond donors (Lipinski definition) is 1. The number of nitrogens with zero attached hydrogens (tertiary/aromatic N) is 3. The van der Waals surface area contributed by atoms with Gasteiger partial charge in [-0.05, 0) is 25.3 Å². The van der Waals surface area contributed by atoms with Crippen LogP contribution >= 0.6 is 0 Å². The molecule has 1 aliphatic heterocycles. The Labute approximate surface area is 134 Å². The summed E-state index contributed by atoms with van der Waals surface area (Å²) in [5.41, 5.74) is 2.20. The molecule has 1 amide bonds. The molecule has 2 atom stereocenters. The van der Waals surface area contributed by atoms with Gasteiger partial charge in [0.15, 0.2) is 0 Å². The zero-order chi connectivity index (χ0) is 16.2. The van der Waals surface area contributed by atoms with Crippen LogP contribution in [0.15, 0.2) is 36.5 Å². The van der Waals surface area contributed by atoms with Crippen LogP contribution in [0, 0.1) is 0 Å². The molecule has 0 aliphatic carbocycles. The lowest BCUT2D eigenvalue weighted by Crippen LogP contribution is -2.40. The van der Waals surface area contributed by atoms with Crippen molar-refractivity contribution in [3.63, 3.8) is 0 Å². The van der Waals surface area contributed by atoms with Crippen LogP contribution in [-0.2, 0) is 4.79 Å². The van der Waals surface area contributed by atoms with Crippen molar-refractivity contribution in [2.24, 2.45) is 0 Å². The number of amides is 1. The Kier molecular flexibility index (Phi) is 4.62. The number of aromatic nitrogens is 2. The Morgan fingerprint density at radius 2 is 2.22 bits per heavy atom. The van der Waals surface area contributed by atoms with Crippen molar-refractivity contribution in [1.29, 1.82) is 0 Å². The summed E-state index contributed by atoms with van der Waals surface area (Å²) >= 11 is 0. The normalized spacial score (nSPS) is 21.4. The van der Waals surface area contributed by atoms with Gasteiger partial charge in [-0.3, -0.25) is 9.78 Å². The summed E-state index contributed by atoms with van der Waals surface area (Å²) in [5.74, 6) is -0.194. The summed E-state index contributed by atoms with van der Waals surface area (Å²) in [6.45, 7) is 0.745. The average Bonchev–Trinajstić information content (AvgIpc) is 2.93. The fourth-order valence-electron chi connectivity index (χ4n) is 2.86. The molecule has 2 heterocycles. The van der Waals surface area contributed by atoms with Gasteiger partial charge < -0.3 is 10.2 Å². The molecule has 1 aromatic carbocycles. The standard InChI is InChI=1S/C17H19FN4O/c1-19-10-14-8-12(18)11-22(14)17(23)7-6-13-9-20-15-4-2-3-5-16(15)21-13/h2-7,9,12,14,19H,8,10-11H2,1H3/t12-,14-/m0/s1. The van der Waals surface area contributed by atoms with Gasteiger partial charge in [0.2, 0.25) is 5.91 Å². The van der Waals surface area contributed by atoms with Gasteiger partial charge in [-0.15, -0.1) is 0 Å². The summed E-state index contributed by atoms with van der Waals surface area (Å²) in [7, 11) is 1.80. The fraction of sp³-hybridized carbons (Fsp3) is 0.353. The monoisotopic (exact) mass is 314 g/mol. The van der Waals surface area contributed by atoms with Crippen molar-refractivity contribution >= 4 is 23.0 Å². The number of carbonyl (C=O) groups is 1. The number of likely N-dealkylation sites (N-methyl/N-ethyl adjacent to an activating group) is 1. The van der Waals surface area contributed by atoms with Gasteiger partial charge in [-0.1, -0.05) is 12.1 Å². The Hall–Kier alpha value is -2.34. The van der Waals surface area contributed by atoms with E-state index in [1.807, 2.05) is 24.3 Å². The third-order valence-electron chi connectivity index (χ3n) is 3.95. The number of halogens is 1. The molecule has 120 valence electrons. The molecule has 6 heteroatoms. The highest BCUT2D eigenvalue weighted by molar-refractivity contribution is 5.92. The predicted octanol–water partition coefficient (Wildman–Crippen LogP) is 1.80. The van der Waals surface area contributed by atoms with E-state index < -0.39 is 6.17 Å². The first kappa shape index (κ1) is 15.6. The van der Waals surface area contributed by atoms with E-state index in [1.165, 1.54) is 6.08 Å². The van der Waals surface area contributed by atoms with Gasteiger partial charge in [0.25, 0.3) is 0 Å². The lowest BCUT2D eigenvalue weighted by atomic mass is 10.2. The molecule has 2 aromatic rings. The van der Waals surface area contributed by atoms with Crippen LogP contribution in [0.4, 0.5) is 4.39 Å². The molecule has 1 aliphatic rings. The predicted molar refractivity (Wildman–Crippen MR) is 87.5 cm³/mol. The van der Waals surface area contributed by atoms with Gasteiger partial charge in [0.1, 0.15) is 6.17 Å². The molecule has 1 N–H and O–H groups in total. The first-order chi connectivity index (χ1) is 11.2. The van der Waals surface area contributed by atoms with E-state index in [-0.39, 0.29) is 18.5 Å². The van der Waals surface area contributed by atoms with E-state index in [2.05, 4.69) is 15.3 Å². The minimum atomic E-state index is -0.953. The Bertz CT molecular complexity index is 733. The molecule has 0 unspecified atom stereocenters. The maximum absolute atomic E-state index is 13.6. The van der Waals surface area contributed by atoms with Crippen molar-refractivity contribution in [3.05, 3.63) is 42.2 Å². The van der Waals surface area contributed by atoms with Crippen LogP contribution in [-0.4, -0.2) is 53.1 Å². The van der Waals surface area contributed by atoms with E-state index in [0.29, 0.717) is 18.7 Å². The molecular weight excluding hydrogens is 295 g/mol. The fourth-order valence-corrected chi connectivity index (χ4v) is 2.86. The lowest BCUT2D eigenvalue weighted by Gasteiger charge is -2.22. The number of para-hydroxylation sites is 2. The van der Waals surface area contributed by atoms with Crippen molar-refractivity contribution in [3.8, 4) is 0 Å². The van der Waals surface area contributed by atoms with E-state index in [9.17, 15) is 9.18 Å². The molecule has 0 radical (unpaired) electrons. The van der Waals surface area contributed by atoms with E-state index in [4.69, 9.17) is 0 Å². The van der Waals surface area contributed by atoms with Gasteiger partial charge in [0.05, 0.1) is 29.5 Å². The smallest absolute Gasteiger partial charge is 0.247 e. The number of benzene rings is 1. The molecule has 3 rings (SSSR count). The number of fused-ring (bicyclic) bond motifs is 1. The molecule has 5 nitrogen and oxygen atoms in total. The maximum Gasteiger partial charge on any atom is 0.247 e. The zero-order valence-electron chi connectivity index (χ0n) is 12.9. The molecule has 0 spiro atoms. The minimum Gasteiger partial charge on any atom is -0.332 e. The Balaban J connectivity index is 1.74. The highest BCUT2D eigenvalue weighted by Gasteiger charge is 2.33. The summed E-state index contributed by atoms with van der Waals surface area (Å²) in [6.07, 6.45) is 4.13.